The summed E-state index contributed by atoms with van der Waals surface area (Å²) in [5, 5.41) is 8.94. The number of nitrogens with zero attached hydrogens (tertiary/aromatic N) is 1. The van der Waals surface area contributed by atoms with Crippen molar-refractivity contribution in [2.75, 3.05) is 19.7 Å². The van der Waals surface area contributed by atoms with Crippen molar-refractivity contribution in [3.8, 4) is 0 Å². The van der Waals surface area contributed by atoms with Crippen molar-refractivity contribution < 1.29 is 26.7 Å². The molecule has 0 spiro atoms. The van der Waals surface area contributed by atoms with E-state index in [9.17, 15) is 21.6 Å². The molecule has 120 valence electrons. The quantitative estimate of drug-likeness (QED) is 0.589. The number of halogens is 3. The van der Waals surface area contributed by atoms with E-state index < -0.39 is 39.0 Å². The lowest BCUT2D eigenvalue weighted by atomic mass is 10.2. The van der Waals surface area contributed by atoms with Crippen molar-refractivity contribution in [2.45, 2.75) is 31.1 Å². The van der Waals surface area contributed by atoms with E-state index in [0.717, 1.165) is 17.1 Å². The van der Waals surface area contributed by atoms with Gasteiger partial charge in [-0.2, -0.15) is 4.31 Å². The predicted octanol–water partition coefficient (Wildman–Crippen LogP) is 2.28. The van der Waals surface area contributed by atoms with Gasteiger partial charge in [-0.05, 0) is 18.6 Å². The Morgan fingerprint density at radius 1 is 1.10 bits per heavy atom. The van der Waals surface area contributed by atoms with Gasteiger partial charge in [0.15, 0.2) is 17.5 Å². The van der Waals surface area contributed by atoms with Gasteiger partial charge in [0, 0.05) is 13.1 Å². The van der Waals surface area contributed by atoms with Crippen molar-refractivity contribution in [2.24, 2.45) is 0 Å². The van der Waals surface area contributed by atoms with Gasteiger partial charge < -0.3 is 5.11 Å². The molecule has 4 nitrogen and oxygen atoms in total. The predicted molar refractivity (Wildman–Crippen MR) is 71.7 cm³/mol. The number of rotatable bonds is 8. The van der Waals surface area contributed by atoms with E-state index in [2.05, 4.69) is 0 Å². The van der Waals surface area contributed by atoms with Crippen LogP contribution < -0.4 is 0 Å². The second kappa shape index (κ2) is 7.77. The van der Waals surface area contributed by atoms with Crippen LogP contribution in [0.2, 0.25) is 0 Å². The molecule has 0 aromatic heterocycles. The first-order chi connectivity index (χ1) is 9.84. The van der Waals surface area contributed by atoms with Crippen LogP contribution in [0.15, 0.2) is 17.0 Å². The molecular formula is C13H18F3NO3S. The maximum Gasteiger partial charge on any atom is 0.243 e. The smallest absolute Gasteiger partial charge is 0.243 e. The van der Waals surface area contributed by atoms with Gasteiger partial charge in [-0.25, -0.2) is 21.6 Å². The fourth-order valence-electron chi connectivity index (χ4n) is 1.83. The Labute approximate surface area is 122 Å². The van der Waals surface area contributed by atoms with E-state index in [1.165, 1.54) is 0 Å². The molecule has 21 heavy (non-hydrogen) atoms. The molecule has 0 saturated carbocycles. The van der Waals surface area contributed by atoms with Gasteiger partial charge in [-0.1, -0.05) is 19.8 Å². The lowest BCUT2D eigenvalue weighted by molar-refractivity contribution is 0.252. The summed E-state index contributed by atoms with van der Waals surface area (Å²) in [6.45, 7) is 1.46. The third-order valence-corrected chi connectivity index (χ3v) is 4.83. The second-order valence-electron chi connectivity index (χ2n) is 4.54. The SMILES string of the molecule is CCCCCN(CCO)S(=O)(=O)c1cc(F)c(F)c(F)c1. The van der Waals surface area contributed by atoms with Gasteiger partial charge in [0.25, 0.3) is 0 Å². The van der Waals surface area contributed by atoms with Gasteiger partial charge in [0.2, 0.25) is 10.0 Å². The summed E-state index contributed by atoms with van der Waals surface area (Å²) < 4.78 is 64.8. The number of aliphatic hydroxyl groups is 1. The highest BCUT2D eigenvalue weighted by Crippen LogP contribution is 2.21. The summed E-state index contributed by atoms with van der Waals surface area (Å²) in [5.74, 6) is -4.84. The van der Waals surface area contributed by atoms with Gasteiger partial charge in [-0.3, -0.25) is 0 Å². The van der Waals surface area contributed by atoms with Crippen LogP contribution in [0, 0.1) is 17.5 Å². The number of hydrogen-bond acceptors (Lipinski definition) is 3. The summed E-state index contributed by atoms with van der Waals surface area (Å²) in [6, 6.07) is 0.885. The molecule has 0 atom stereocenters. The molecule has 8 heteroatoms. The molecule has 0 unspecified atom stereocenters. The molecule has 0 aliphatic rings. The molecule has 0 bridgehead atoms. The molecule has 0 amide bonds. The Morgan fingerprint density at radius 2 is 1.67 bits per heavy atom. The van der Waals surface area contributed by atoms with Crippen LogP contribution in [0.3, 0.4) is 0 Å². The molecule has 0 radical (unpaired) electrons. The summed E-state index contributed by atoms with van der Waals surface area (Å²) in [4.78, 5) is -0.663. The Bertz CT molecular complexity index is 555. The van der Waals surface area contributed by atoms with Crippen LogP contribution >= 0.6 is 0 Å². The summed E-state index contributed by atoms with van der Waals surface area (Å²) in [7, 11) is -4.18. The zero-order valence-electron chi connectivity index (χ0n) is 11.7. The summed E-state index contributed by atoms with van der Waals surface area (Å²) >= 11 is 0. The fraction of sp³-hybridized carbons (Fsp3) is 0.538. The Balaban J connectivity index is 3.10. The fourth-order valence-corrected chi connectivity index (χ4v) is 3.33. The van der Waals surface area contributed by atoms with Crippen molar-refractivity contribution in [1.82, 2.24) is 4.31 Å². The Hall–Kier alpha value is -1.12. The molecule has 1 aromatic carbocycles. The summed E-state index contributed by atoms with van der Waals surface area (Å²) in [6.07, 6.45) is 2.21. The van der Waals surface area contributed by atoms with E-state index in [0.29, 0.717) is 18.6 Å². The average molecular weight is 325 g/mol. The highest BCUT2D eigenvalue weighted by molar-refractivity contribution is 7.89. The minimum Gasteiger partial charge on any atom is -0.395 e. The van der Waals surface area contributed by atoms with Gasteiger partial charge in [0.05, 0.1) is 11.5 Å². The first kappa shape index (κ1) is 17.9. The lowest BCUT2D eigenvalue weighted by Crippen LogP contribution is -2.34. The molecule has 1 aromatic rings. The molecule has 1 N–H and O–H groups in total. The van der Waals surface area contributed by atoms with Crippen LogP contribution in [-0.2, 0) is 10.0 Å². The Morgan fingerprint density at radius 3 is 2.14 bits per heavy atom. The average Bonchev–Trinajstić information content (AvgIpc) is 2.43. The van der Waals surface area contributed by atoms with Crippen LogP contribution in [-0.4, -0.2) is 37.5 Å². The van der Waals surface area contributed by atoms with E-state index in [4.69, 9.17) is 5.11 Å². The number of hydrogen-bond donors (Lipinski definition) is 1. The maximum absolute atomic E-state index is 13.2. The zero-order valence-corrected chi connectivity index (χ0v) is 12.5. The van der Waals surface area contributed by atoms with Crippen LogP contribution in [0.5, 0.6) is 0 Å². The van der Waals surface area contributed by atoms with E-state index in [1.807, 2.05) is 6.92 Å². The highest BCUT2D eigenvalue weighted by atomic mass is 32.2. The van der Waals surface area contributed by atoms with E-state index >= 15 is 0 Å². The number of aliphatic hydroxyl groups excluding tert-OH is 1. The molecule has 0 aliphatic carbocycles. The van der Waals surface area contributed by atoms with E-state index in [1.54, 1.807) is 0 Å². The first-order valence-electron chi connectivity index (χ1n) is 6.60. The maximum atomic E-state index is 13.2. The number of benzene rings is 1. The molecule has 1 rings (SSSR count). The van der Waals surface area contributed by atoms with E-state index in [-0.39, 0.29) is 13.1 Å². The molecule has 0 heterocycles. The standard InChI is InChI=1S/C13H18F3NO3S/c1-2-3-4-5-17(6-7-18)21(19,20)10-8-11(14)13(16)12(15)9-10/h8-9,18H,2-7H2,1H3. The largest absolute Gasteiger partial charge is 0.395 e. The monoisotopic (exact) mass is 325 g/mol. The molecule has 0 saturated heterocycles. The van der Waals surface area contributed by atoms with Crippen molar-refractivity contribution in [3.63, 3.8) is 0 Å². The van der Waals surface area contributed by atoms with Crippen molar-refractivity contribution >= 4 is 10.0 Å². The zero-order chi connectivity index (χ0) is 16.0. The van der Waals surface area contributed by atoms with Gasteiger partial charge in [0.1, 0.15) is 0 Å². The number of unbranched alkanes of at least 4 members (excludes halogenated alkanes) is 2. The lowest BCUT2D eigenvalue weighted by Gasteiger charge is -2.21. The van der Waals surface area contributed by atoms with Gasteiger partial charge >= 0.3 is 0 Å². The molecule has 0 aliphatic heterocycles. The third-order valence-electron chi connectivity index (χ3n) is 2.96. The highest BCUT2D eigenvalue weighted by Gasteiger charge is 2.26. The molecular weight excluding hydrogens is 307 g/mol. The first-order valence-corrected chi connectivity index (χ1v) is 8.04. The third kappa shape index (κ3) is 4.42. The van der Waals surface area contributed by atoms with Crippen molar-refractivity contribution in [1.29, 1.82) is 0 Å². The van der Waals surface area contributed by atoms with Crippen LogP contribution in [0.4, 0.5) is 13.2 Å². The van der Waals surface area contributed by atoms with Crippen LogP contribution in [0.1, 0.15) is 26.2 Å². The Kier molecular flexibility index (Phi) is 6.63. The second-order valence-corrected chi connectivity index (χ2v) is 6.47. The van der Waals surface area contributed by atoms with Crippen molar-refractivity contribution in [3.05, 3.63) is 29.6 Å². The minimum absolute atomic E-state index is 0.122. The topological polar surface area (TPSA) is 57.6 Å². The minimum atomic E-state index is -4.18. The van der Waals surface area contributed by atoms with Crippen LogP contribution in [0.25, 0.3) is 0 Å². The summed E-state index contributed by atoms with van der Waals surface area (Å²) in [5.41, 5.74) is 0. The number of sulfonamides is 1. The van der Waals surface area contributed by atoms with Gasteiger partial charge in [-0.15, -0.1) is 0 Å². The molecule has 0 fully saturated rings. The normalized spacial score (nSPS) is 12.1.